The average Bonchev–Trinajstić information content (AvgIpc) is 2.23. The van der Waals surface area contributed by atoms with Crippen molar-refractivity contribution in [3.05, 3.63) is 29.8 Å². The van der Waals surface area contributed by atoms with Crippen LogP contribution in [0.1, 0.15) is 19.4 Å². The largest absolute Gasteiger partial charge is 0.508 e. The maximum absolute atomic E-state index is 9.28. The van der Waals surface area contributed by atoms with Crippen LogP contribution in [0.3, 0.4) is 0 Å². The summed E-state index contributed by atoms with van der Waals surface area (Å²) < 4.78 is 0. The lowest BCUT2D eigenvalue weighted by atomic mass is 10.2. The lowest BCUT2D eigenvalue weighted by Crippen LogP contribution is -2.16. The summed E-state index contributed by atoms with van der Waals surface area (Å²) in [5, 5.41) is 12.7. The van der Waals surface area contributed by atoms with Crippen molar-refractivity contribution in [3.8, 4) is 5.75 Å². The maximum Gasteiger partial charge on any atom is 0.115 e. The van der Waals surface area contributed by atoms with Crippen LogP contribution in [-0.4, -0.2) is 23.2 Å². The number of rotatable bonds is 7. The minimum atomic E-state index is 0.341. The molecule has 0 heterocycles. The second-order valence-electron chi connectivity index (χ2n) is 4.32. The Hall–Kier alpha value is -0.670. The van der Waals surface area contributed by atoms with Crippen LogP contribution in [0.15, 0.2) is 24.3 Å². The van der Waals surface area contributed by atoms with Crippen molar-refractivity contribution in [3.63, 3.8) is 0 Å². The summed E-state index contributed by atoms with van der Waals surface area (Å²) in [4.78, 5) is 0. The van der Waals surface area contributed by atoms with Gasteiger partial charge in [0, 0.05) is 18.8 Å². The van der Waals surface area contributed by atoms with Crippen LogP contribution in [0.5, 0.6) is 5.75 Å². The third kappa shape index (κ3) is 6.03. The van der Waals surface area contributed by atoms with Gasteiger partial charge in [-0.2, -0.15) is 11.8 Å². The van der Waals surface area contributed by atoms with Gasteiger partial charge < -0.3 is 10.4 Å². The molecule has 0 saturated heterocycles. The first kappa shape index (κ1) is 13.4. The van der Waals surface area contributed by atoms with Crippen LogP contribution in [0.2, 0.25) is 0 Å². The number of hydrogen-bond acceptors (Lipinski definition) is 3. The van der Waals surface area contributed by atoms with Crippen molar-refractivity contribution in [2.45, 2.75) is 20.4 Å². The molecular weight excluding hydrogens is 218 g/mol. The highest BCUT2D eigenvalue weighted by molar-refractivity contribution is 7.99. The number of hydrogen-bond donors (Lipinski definition) is 2. The Morgan fingerprint density at radius 3 is 2.88 bits per heavy atom. The summed E-state index contributed by atoms with van der Waals surface area (Å²) in [6.07, 6.45) is 0. The molecule has 0 radical (unpaired) electrons. The fourth-order valence-electron chi connectivity index (χ4n) is 1.36. The fraction of sp³-hybridized carbons (Fsp3) is 0.538. The minimum absolute atomic E-state index is 0.341. The Morgan fingerprint density at radius 1 is 1.38 bits per heavy atom. The van der Waals surface area contributed by atoms with Gasteiger partial charge in [-0.25, -0.2) is 0 Å². The number of nitrogens with one attached hydrogen (secondary N) is 1. The van der Waals surface area contributed by atoms with E-state index in [-0.39, 0.29) is 0 Å². The molecule has 90 valence electrons. The smallest absolute Gasteiger partial charge is 0.115 e. The molecule has 1 rings (SSSR count). The van der Waals surface area contributed by atoms with Crippen molar-refractivity contribution < 1.29 is 5.11 Å². The molecule has 0 unspecified atom stereocenters. The Morgan fingerprint density at radius 2 is 2.19 bits per heavy atom. The molecule has 0 aromatic heterocycles. The standard InChI is InChI=1S/C13H21NOS/c1-11(2)10-16-7-6-14-9-12-4-3-5-13(15)8-12/h3-5,8,11,14-15H,6-7,9-10H2,1-2H3. The average molecular weight is 239 g/mol. The van der Waals surface area contributed by atoms with Crippen molar-refractivity contribution >= 4 is 11.8 Å². The molecule has 0 aliphatic rings. The zero-order valence-corrected chi connectivity index (χ0v) is 10.9. The van der Waals surface area contributed by atoms with Gasteiger partial charge in [0.1, 0.15) is 5.75 Å². The van der Waals surface area contributed by atoms with Gasteiger partial charge in [-0.1, -0.05) is 26.0 Å². The van der Waals surface area contributed by atoms with E-state index in [0.717, 1.165) is 30.3 Å². The lowest BCUT2D eigenvalue weighted by Gasteiger charge is -2.06. The first-order valence-electron chi connectivity index (χ1n) is 5.75. The number of aromatic hydroxyl groups is 1. The third-order valence-electron chi connectivity index (χ3n) is 2.11. The summed E-state index contributed by atoms with van der Waals surface area (Å²) in [7, 11) is 0. The van der Waals surface area contributed by atoms with Gasteiger partial charge in [0.25, 0.3) is 0 Å². The number of benzene rings is 1. The monoisotopic (exact) mass is 239 g/mol. The van der Waals surface area contributed by atoms with E-state index in [2.05, 4.69) is 19.2 Å². The Kier molecular flexibility index (Phi) is 6.34. The minimum Gasteiger partial charge on any atom is -0.508 e. The van der Waals surface area contributed by atoms with Crippen molar-refractivity contribution in [1.82, 2.24) is 5.32 Å². The number of phenolic OH excluding ortho intramolecular Hbond substituents is 1. The maximum atomic E-state index is 9.28. The van der Waals surface area contributed by atoms with Crippen molar-refractivity contribution in [1.29, 1.82) is 0 Å². The van der Waals surface area contributed by atoms with Crippen LogP contribution in [0.25, 0.3) is 0 Å². The van der Waals surface area contributed by atoms with Gasteiger partial charge in [0.15, 0.2) is 0 Å². The molecule has 0 aliphatic heterocycles. The van der Waals surface area contributed by atoms with E-state index >= 15 is 0 Å². The first-order valence-corrected chi connectivity index (χ1v) is 6.90. The van der Waals surface area contributed by atoms with E-state index in [1.54, 1.807) is 12.1 Å². The van der Waals surface area contributed by atoms with E-state index in [1.807, 2.05) is 23.9 Å². The first-order chi connectivity index (χ1) is 7.68. The van der Waals surface area contributed by atoms with Crippen LogP contribution in [0, 0.1) is 5.92 Å². The molecule has 16 heavy (non-hydrogen) atoms. The summed E-state index contributed by atoms with van der Waals surface area (Å²) in [6, 6.07) is 7.39. The quantitative estimate of drug-likeness (QED) is 0.718. The molecule has 0 spiro atoms. The summed E-state index contributed by atoms with van der Waals surface area (Å²) in [5.41, 5.74) is 1.13. The third-order valence-corrected chi connectivity index (χ3v) is 3.51. The van der Waals surface area contributed by atoms with Crippen molar-refractivity contribution in [2.75, 3.05) is 18.1 Å². The van der Waals surface area contributed by atoms with Gasteiger partial charge in [-0.3, -0.25) is 0 Å². The molecule has 0 saturated carbocycles. The van der Waals surface area contributed by atoms with E-state index in [9.17, 15) is 5.11 Å². The Bertz CT molecular complexity index is 302. The Labute approximate surface area is 102 Å². The molecule has 0 atom stereocenters. The molecular formula is C13H21NOS. The SMILES string of the molecule is CC(C)CSCCNCc1cccc(O)c1. The zero-order chi connectivity index (χ0) is 11.8. The van der Waals surface area contributed by atoms with Gasteiger partial charge in [0.2, 0.25) is 0 Å². The molecule has 1 aromatic carbocycles. The Balaban J connectivity index is 2.07. The van der Waals surface area contributed by atoms with E-state index in [1.165, 1.54) is 5.75 Å². The number of thioether (sulfide) groups is 1. The van der Waals surface area contributed by atoms with Crippen LogP contribution >= 0.6 is 11.8 Å². The molecule has 0 amide bonds. The van der Waals surface area contributed by atoms with Crippen LogP contribution in [-0.2, 0) is 6.54 Å². The molecule has 1 aromatic rings. The van der Waals surface area contributed by atoms with Crippen LogP contribution in [0.4, 0.5) is 0 Å². The molecule has 0 fully saturated rings. The van der Waals surface area contributed by atoms with E-state index < -0.39 is 0 Å². The normalized spacial score (nSPS) is 10.9. The zero-order valence-electron chi connectivity index (χ0n) is 10.1. The van der Waals surface area contributed by atoms with E-state index in [4.69, 9.17) is 0 Å². The number of phenols is 1. The topological polar surface area (TPSA) is 32.3 Å². The van der Waals surface area contributed by atoms with Crippen LogP contribution < -0.4 is 5.32 Å². The lowest BCUT2D eigenvalue weighted by molar-refractivity contribution is 0.474. The van der Waals surface area contributed by atoms with Gasteiger partial charge in [0.05, 0.1) is 0 Å². The summed E-state index contributed by atoms with van der Waals surface area (Å²) >= 11 is 1.99. The predicted molar refractivity (Wildman–Crippen MR) is 72.0 cm³/mol. The molecule has 2 N–H and O–H groups in total. The molecule has 0 bridgehead atoms. The van der Waals surface area contributed by atoms with Gasteiger partial charge in [-0.05, 0) is 29.4 Å². The molecule has 0 aliphatic carbocycles. The highest BCUT2D eigenvalue weighted by Gasteiger charge is 1.96. The van der Waals surface area contributed by atoms with Crippen molar-refractivity contribution in [2.24, 2.45) is 5.92 Å². The van der Waals surface area contributed by atoms with Gasteiger partial charge >= 0.3 is 0 Å². The highest BCUT2D eigenvalue weighted by Crippen LogP contribution is 2.10. The summed E-state index contributed by atoms with van der Waals surface area (Å²) in [6.45, 7) is 6.34. The van der Waals surface area contributed by atoms with Gasteiger partial charge in [-0.15, -0.1) is 0 Å². The van der Waals surface area contributed by atoms with E-state index in [0.29, 0.717) is 5.75 Å². The second kappa shape index (κ2) is 7.58. The fourth-order valence-corrected chi connectivity index (χ4v) is 2.29. The molecule has 2 nitrogen and oxygen atoms in total. The second-order valence-corrected chi connectivity index (χ2v) is 5.47. The summed E-state index contributed by atoms with van der Waals surface area (Å²) in [5.74, 6) is 3.50. The predicted octanol–water partition coefficient (Wildman–Crippen LogP) is 2.87. The molecule has 3 heteroatoms. The highest BCUT2D eigenvalue weighted by atomic mass is 32.2.